The van der Waals surface area contributed by atoms with Gasteiger partial charge < -0.3 is 118 Å². The molecule has 0 bridgehead atoms. The number of nitrogens with two attached hydrogens (primary N) is 6. The summed E-state index contributed by atoms with van der Waals surface area (Å²) < 4.78 is 37.3. The molecule has 29 heteroatoms. The maximum Gasteiger partial charge on any atom is 0.187 e. The van der Waals surface area contributed by atoms with Gasteiger partial charge in [-0.05, 0) is 93.4 Å². The SMILES string of the molecule is CN1CCN(c2ccc3nc(-c4ccc5nc(-c6ccc(OCCCCc7cn(CC8O[C@@H](OC9[C@H](O[C@@H]%10OC(CN)[C@@H](O)[C@H](O)C%10N)C(N)C[C@@H](N)[C@H]9O)[C@@H](O)C8O[C@@H](O)C(N)C(O)[C@H](O)[C@@H](I)CN)nn7)cc6)[nH]c5c4)[nH]c3c2)CC1. The summed E-state index contributed by atoms with van der Waals surface area (Å²) in [5.74, 6) is 2.22. The highest BCUT2D eigenvalue weighted by atomic mass is 127. The lowest BCUT2D eigenvalue weighted by Crippen LogP contribution is -2.68. The van der Waals surface area contributed by atoms with Gasteiger partial charge in [0.2, 0.25) is 0 Å². The number of hydrogen-bond acceptors (Lipinski definition) is 25. The third kappa shape index (κ3) is 13.8. The van der Waals surface area contributed by atoms with Gasteiger partial charge in [0.25, 0.3) is 0 Å². The number of aliphatic hydroxyl groups excluding tert-OH is 7. The van der Waals surface area contributed by atoms with Gasteiger partial charge in [-0.3, -0.25) is 0 Å². The van der Waals surface area contributed by atoms with Crippen LogP contribution in [-0.4, -0.2) is 243 Å². The molecule has 21 N–H and O–H groups in total. The van der Waals surface area contributed by atoms with Gasteiger partial charge in [-0.15, -0.1) is 5.10 Å². The Kier molecular flexibility index (Phi) is 19.9. The second kappa shape index (κ2) is 26.9. The summed E-state index contributed by atoms with van der Waals surface area (Å²) in [6.07, 6.45) is -16.8. The van der Waals surface area contributed by atoms with Gasteiger partial charge in [0, 0.05) is 74.4 Å². The van der Waals surface area contributed by atoms with Crippen molar-refractivity contribution in [1.29, 1.82) is 0 Å². The molecule has 19 atom stereocenters. The van der Waals surface area contributed by atoms with Crippen molar-refractivity contribution >= 4 is 50.3 Å². The number of hydrogen-bond donors (Lipinski definition) is 15. The van der Waals surface area contributed by atoms with E-state index in [4.69, 9.17) is 72.8 Å². The second-order valence-corrected chi connectivity index (χ2v) is 23.7. The standard InChI is InChI=1S/C54H78IN15O13/c1-68-13-15-69(16-14-68)28-8-12-34-36(19-28)65-51(63-34)26-7-11-33-35(18-26)64-50(62-33)25-5-9-29(10-6-25)78-17-3-2-4-27-23-70(67-66-27)24-38-48(81-52(77)39(60)44(74)41(71)30(55)21-56)46(76)54(80-38)83-49-42(72)31(58)20-32(59)47(49)82-53-40(61)45(75)43(73)37(22-57)79-53/h5-12,18-19,23,30-32,37-49,52-54,71-77H,2-4,13-17,20-22,24,56-61H2,1H3,(H,62,64)(H,63,65)/t30-,31+,32?,37?,38?,39?,40?,41+,42+,43+,44?,45+,46-,47+,48?,49?,52+,53-,54-/m0/s1. The molecule has 3 aromatic heterocycles. The molecule has 8 unspecified atom stereocenters. The van der Waals surface area contributed by atoms with Crippen molar-refractivity contribution in [1.82, 2.24) is 39.8 Å². The molecule has 83 heavy (non-hydrogen) atoms. The summed E-state index contributed by atoms with van der Waals surface area (Å²) in [4.78, 5) is 21.5. The number of H-pyrrole nitrogens is 2. The molecule has 28 nitrogen and oxygen atoms in total. The van der Waals surface area contributed by atoms with Crippen molar-refractivity contribution in [2.75, 3.05) is 57.8 Å². The molecule has 6 aromatic rings. The molecule has 3 saturated heterocycles. The van der Waals surface area contributed by atoms with Gasteiger partial charge >= 0.3 is 0 Å². The summed E-state index contributed by atoms with van der Waals surface area (Å²) in [6, 6.07) is 15.5. The summed E-state index contributed by atoms with van der Waals surface area (Å²) in [5, 5.41) is 85.7. The van der Waals surface area contributed by atoms with Crippen LogP contribution in [0.1, 0.15) is 25.0 Å². The number of rotatable bonds is 23. The molecular formula is C54H78IN15O13. The second-order valence-electron chi connectivity index (χ2n) is 22.1. The molecule has 1 aliphatic carbocycles. The van der Waals surface area contributed by atoms with E-state index < -0.39 is 114 Å². The minimum Gasteiger partial charge on any atom is -0.494 e. The number of aliphatic hydroxyl groups is 7. The topological polar surface area (TPSA) is 448 Å². The van der Waals surface area contributed by atoms with Crippen LogP contribution < -0.4 is 44.0 Å². The van der Waals surface area contributed by atoms with E-state index in [1.165, 1.54) is 10.4 Å². The lowest BCUT2D eigenvalue weighted by atomic mass is 9.84. The number of nitrogens with one attached hydrogen (secondary N) is 2. The van der Waals surface area contributed by atoms with Crippen molar-refractivity contribution < 1.29 is 64.2 Å². The number of nitrogens with zero attached hydrogens (tertiary/aromatic N) is 7. The first-order valence-electron chi connectivity index (χ1n) is 28.0. The maximum absolute atomic E-state index is 11.8. The van der Waals surface area contributed by atoms with Gasteiger partial charge in [-0.2, -0.15) is 0 Å². The maximum atomic E-state index is 11.8. The number of aromatic amines is 2. The summed E-state index contributed by atoms with van der Waals surface area (Å²) in [5.41, 5.74) is 44.0. The Hall–Kier alpha value is -4.69. The number of fused-ring (bicyclic) bond motifs is 2. The molecule has 0 amide bonds. The molecule has 6 heterocycles. The Balaban J connectivity index is 0.743. The predicted molar refractivity (Wildman–Crippen MR) is 311 cm³/mol. The van der Waals surface area contributed by atoms with Crippen molar-refractivity contribution in [3.05, 3.63) is 72.6 Å². The number of anilines is 1. The van der Waals surface area contributed by atoms with Crippen LogP contribution in [0.5, 0.6) is 5.75 Å². The van der Waals surface area contributed by atoms with Crippen LogP contribution in [0.2, 0.25) is 0 Å². The van der Waals surface area contributed by atoms with E-state index in [1.54, 1.807) is 6.20 Å². The molecule has 1 saturated carbocycles. The summed E-state index contributed by atoms with van der Waals surface area (Å²) in [7, 11) is 2.15. The van der Waals surface area contributed by atoms with Crippen LogP contribution >= 0.6 is 22.6 Å². The third-order valence-corrected chi connectivity index (χ3v) is 17.4. The minimum absolute atomic E-state index is 0.000612. The first-order valence-corrected chi connectivity index (χ1v) is 29.3. The zero-order chi connectivity index (χ0) is 58.8. The fraction of sp³-hybridized carbons (Fsp3) is 0.593. The number of alkyl halides is 1. The van der Waals surface area contributed by atoms with Crippen LogP contribution in [0.3, 0.4) is 0 Å². The van der Waals surface area contributed by atoms with E-state index in [0.717, 1.165) is 71.0 Å². The van der Waals surface area contributed by atoms with Crippen LogP contribution in [0.15, 0.2) is 66.9 Å². The highest BCUT2D eigenvalue weighted by Gasteiger charge is 2.54. The van der Waals surface area contributed by atoms with Gasteiger partial charge in [0.1, 0.15) is 72.3 Å². The highest BCUT2D eigenvalue weighted by molar-refractivity contribution is 14.1. The molecule has 0 radical (unpaired) electrons. The van der Waals surface area contributed by atoms with Crippen molar-refractivity contribution in [2.24, 2.45) is 34.4 Å². The molecule has 3 aliphatic heterocycles. The lowest BCUT2D eigenvalue weighted by Gasteiger charge is -2.47. The summed E-state index contributed by atoms with van der Waals surface area (Å²) >= 11 is 1.85. The predicted octanol–water partition coefficient (Wildman–Crippen LogP) is -2.96. The zero-order valence-electron chi connectivity index (χ0n) is 45.9. The number of unbranched alkanes of at least 4 members (excludes halogenated alkanes) is 1. The number of piperazine rings is 1. The quantitative estimate of drug-likeness (QED) is 0.0132. The summed E-state index contributed by atoms with van der Waals surface area (Å²) in [6.45, 7) is 4.20. The zero-order valence-corrected chi connectivity index (χ0v) is 48.0. The molecule has 10 rings (SSSR count). The van der Waals surface area contributed by atoms with E-state index >= 15 is 0 Å². The van der Waals surface area contributed by atoms with Crippen LogP contribution in [0, 0.1) is 0 Å². The van der Waals surface area contributed by atoms with E-state index in [-0.39, 0.29) is 26.1 Å². The number of likely N-dealkylation sites (N-methyl/N-ethyl adjacent to an activating group) is 1. The Morgan fingerprint density at radius 2 is 1.40 bits per heavy atom. The molecule has 454 valence electrons. The average molecular weight is 1270 g/mol. The molecular weight excluding hydrogens is 1190 g/mol. The fourth-order valence-electron chi connectivity index (χ4n) is 11.0. The fourth-order valence-corrected chi connectivity index (χ4v) is 11.5. The molecule has 0 spiro atoms. The lowest BCUT2D eigenvalue weighted by molar-refractivity contribution is -0.306. The van der Waals surface area contributed by atoms with Crippen LogP contribution in [0.4, 0.5) is 5.69 Å². The average Bonchev–Trinajstić information content (AvgIpc) is 4.52. The third-order valence-electron chi connectivity index (χ3n) is 16.2. The van der Waals surface area contributed by atoms with Crippen molar-refractivity contribution in [3.8, 4) is 28.5 Å². The van der Waals surface area contributed by atoms with Gasteiger partial charge in [-0.1, -0.05) is 27.8 Å². The van der Waals surface area contributed by atoms with E-state index in [2.05, 4.69) is 61.4 Å². The molecule has 4 fully saturated rings. The molecule has 4 aliphatic rings. The van der Waals surface area contributed by atoms with Crippen molar-refractivity contribution in [3.63, 3.8) is 0 Å². The number of ether oxygens (including phenoxy) is 6. The van der Waals surface area contributed by atoms with Crippen LogP contribution in [0.25, 0.3) is 44.8 Å². The first-order chi connectivity index (χ1) is 39.9. The Morgan fingerprint density at radius 1 is 0.735 bits per heavy atom. The number of aryl methyl sites for hydroxylation is 1. The number of imidazole rings is 2. The Morgan fingerprint density at radius 3 is 2.11 bits per heavy atom. The number of benzene rings is 3. The normalized spacial score (nSPS) is 30.9. The smallest absolute Gasteiger partial charge is 0.187 e. The minimum atomic E-state index is -1.97. The van der Waals surface area contributed by atoms with Crippen LogP contribution in [-0.2, 0) is 36.6 Å². The Bertz CT molecular complexity index is 3040. The number of halogens is 1. The Labute approximate surface area is 491 Å². The van der Waals surface area contributed by atoms with Crippen molar-refractivity contribution in [2.45, 2.75) is 146 Å². The van der Waals surface area contributed by atoms with E-state index in [9.17, 15) is 35.7 Å². The molecule has 3 aromatic carbocycles. The first kappa shape index (κ1) is 61.4. The largest absolute Gasteiger partial charge is 0.494 e. The van der Waals surface area contributed by atoms with E-state index in [0.29, 0.717) is 37.3 Å². The monoisotopic (exact) mass is 1270 g/mol. The van der Waals surface area contributed by atoms with Gasteiger partial charge in [-0.25, -0.2) is 14.6 Å². The van der Waals surface area contributed by atoms with E-state index in [1.807, 2.05) is 59.0 Å². The highest BCUT2D eigenvalue weighted by Crippen LogP contribution is 2.35. The number of aromatic nitrogens is 7. The van der Waals surface area contributed by atoms with Gasteiger partial charge in [0.05, 0.1) is 69.1 Å². The van der Waals surface area contributed by atoms with Gasteiger partial charge in [0.15, 0.2) is 18.9 Å².